The molecule has 3 heterocycles. The van der Waals surface area contributed by atoms with Gasteiger partial charge in [0.1, 0.15) is 12.4 Å². The highest BCUT2D eigenvalue weighted by molar-refractivity contribution is 5.99. The Morgan fingerprint density at radius 3 is 3.00 bits per heavy atom. The number of aromatic nitrogens is 1. The van der Waals surface area contributed by atoms with Gasteiger partial charge in [0.2, 0.25) is 0 Å². The van der Waals surface area contributed by atoms with E-state index in [-0.39, 0.29) is 11.9 Å². The van der Waals surface area contributed by atoms with Crippen molar-refractivity contribution >= 4 is 16.8 Å². The second kappa shape index (κ2) is 7.24. The summed E-state index contributed by atoms with van der Waals surface area (Å²) in [6, 6.07) is 16.2. The van der Waals surface area contributed by atoms with E-state index in [1.54, 1.807) is 0 Å². The Balaban J connectivity index is 1.35. The van der Waals surface area contributed by atoms with Gasteiger partial charge in [-0.25, -0.2) is 0 Å². The lowest BCUT2D eigenvalue weighted by molar-refractivity contribution is 0.0674. The first-order chi connectivity index (χ1) is 13.8. The van der Waals surface area contributed by atoms with Crippen molar-refractivity contribution < 1.29 is 9.53 Å². The third-order valence-corrected chi connectivity index (χ3v) is 5.71. The number of ether oxygens (including phenoxy) is 1. The normalized spacial score (nSPS) is 19.1. The Kier molecular flexibility index (Phi) is 4.45. The Morgan fingerprint density at radius 1 is 1.18 bits per heavy atom. The maximum atomic E-state index is 12.9. The molecule has 0 aliphatic carbocycles. The number of carbonyl (C=O) groups excluding carboxylic acids is 1. The van der Waals surface area contributed by atoms with Crippen LogP contribution in [0.5, 0.6) is 5.75 Å². The van der Waals surface area contributed by atoms with Crippen LogP contribution in [0.1, 0.15) is 34.3 Å². The molecular weight excluding hydrogens is 350 g/mol. The van der Waals surface area contributed by atoms with E-state index in [1.165, 1.54) is 0 Å². The molecule has 5 rings (SSSR count). The number of piperidine rings is 1. The number of nitrogens with one attached hydrogen (secondary N) is 1. The number of hydrogen-bond acceptors (Lipinski definition) is 4. The van der Waals surface area contributed by atoms with Gasteiger partial charge >= 0.3 is 0 Å². The smallest absolute Gasteiger partial charge is 0.254 e. The molecule has 3 aromatic rings. The molecule has 1 fully saturated rings. The van der Waals surface area contributed by atoms with Crippen molar-refractivity contribution in [1.82, 2.24) is 15.2 Å². The zero-order valence-corrected chi connectivity index (χ0v) is 15.7. The predicted molar refractivity (Wildman–Crippen MR) is 108 cm³/mol. The quantitative estimate of drug-likeness (QED) is 0.760. The maximum Gasteiger partial charge on any atom is 0.254 e. The molecule has 28 heavy (non-hydrogen) atoms. The van der Waals surface area contributed by atoms with Gasteiger partial charge in [-0.15, -0.1) is 0 Å². The maximum absolute atomic E-state index is 12.9. The Hall–Kier alpha value is -2.92. The fraction of sp³-hybridized carbons (Fsp3) is 0.304. The molecule has 2 aromatic carbocycles. The molecule has 0 spiro atoms. The van der Waals surface area contributed by atoms with E-state index in [4.69, 9.17) is 4.74 Å². The van der Waals surface area contributed by atoms with Gasteiger partial charge in [-0.2, -0.15) is 0 Å². The molecule has 2 aliphatic heterocycles. The van der Waals surface area contributed by atoms with Crippen LogP contribution in [-0.4, -0.2) is 34.9 Å². The molecule has 1 N–H and O–H groups in total. The second-order valence-electron chi connectivity index (χ2n) is 7.54. The van der Waals surface area contributed by atoms with Gasteiger partial charge in [0.15, 0.2) is 0 Å². The van der Waals surface area contributed by atoms with Crippen LogP contribution in [0.15, 0.2) is 54.7 Å². The highest BCUT2D eigenvalue weighted by Gasteiger charge is 2.34. The molecule has 1 unspecified atom stereocenters. The van der Waals surface area contributed by atoms with E-state index < -0.39 is 0 Å². The standard InChI is InChI=1S/C23H23N3O2/c27-23-19-7-3-9-22(20(19)14-26(23)18-6-4-10-24-13-18)28-15-16-11-17-5-1-2-8-21(17)25-12-16/h1-3,5,7-9,11-12,18,24H,4,6,10,13-15H2. The van der Waals surface area contributed by atoms with Crippen LogP contribution in [0, 0.1) is 0 Å². The monoisotopic (exact) mass is 373 g/mol. The van der Waals surface area contributed by atoms with Gasteiger partial charge < -0.3 is 15.0 Å². The van der Waals surface area contributed by atoms with E-state index in [0.29, 0.717) is 13.2 Å². The van der Waals surface area contributed by atoms with Gasteiger partial charge in [0.25, 0.3) is 5.91 Å². The van der Waals surface area contributed by atoms with Crippen LogP contribution in [0.3, 0.4) is 0 Å². The number of nitrogens with zero attached hydrogens (tertiary/aromatic N) is 2. The van der Waals surface area contributed by atoms with Crippen molar-refractivity contribution in [3.05, 3.63) is 71.4 Å². The third kappa shape index (κ3) is 3.12. The first kappa shape index (κ1) is 17.2. The zero-order valence-electron chi connectivity index (χ0n) is 15.7. The SMILES string of the molecule is O=C1c2cccc(OCc3cnc4ccccc4c3)c2CN1C1CCCNC1. The summed E-state index contributed by atoms with van der Waals surface area (Å²) in [5.74, 6) is 0.923. The van der Waals surface area contributed by atoms with Crippen molar-refractivity contribution in [3.63, 3.8) is 0 Å². The summed E-state index contributed by atoms with van der Waals surface area (Å²) in [7, 11) is 0. The lowest BCUT2D eigenvalue weighted by Crippen LogP contribution is -2.46. The second-order valence-corrected chi connectivity index (χ2v) is 7.54. The lowest BCUT2D eigenvalue weighted by Gasteiger charge is -2.31. The molecule has 5 nitrogen and oxygen atoms in total. The Bertz CT molecular complexity index is 1030. The molecule has 1 amide bonds. The number of para-hydroxylation sites is 1. The minimum Gasteiger partial charge on any atom is -0.488 e. The first-order valence-electron chi connectivity index (χ1n) is 9.89. The summed E-state index contributed by atoms with van der Waals surface area (Å²) in [5, 5.41) is 4.51. The number of pyridine rings is 1. The first-order valence-corrected chi connectivity index (χ1v) is 9.89. The van der Waals surface area contributed by atoms with E-state index in [9.17, 15) is 4.79 Å². The fourth-order valence-corrected chi connectivity index (χ4v) is 4.21. The van der Waals surface area contributed by atoms with Gasteiger partial charge in [0, 0.05) is 40.9 Å². The van der Waals surface area contributed by atoms with Crippen LogP contribution < -0.4 is 10.1 Å². The number of benzene rings is 2. The number of rotatable bonds is 4. The minimum atomic E-state index is 0.126. The Morgan fingerprint density at radius 2 is 2.11 bits per heavy atom. The van der Waals surface area contributed by atoms with Crippen LogP contribution in [0.2, 0.25) is 0 Å². The number of carbonyl (C=O) groups is 1. The number of fused-ring (bicyclic) bond motifs is 2. The predicted octanol–water partition coefficient (Wildman–Crippen LogP) is 3.52. The molecule has 2 aliphatic rings. The third-order valence-electron chi connectivity index (χ3n) is 5.71. The van der Waals surface area contributed by atoms with Crippen molar-refractivity contribution in [2.45, 2.75) is 32.0 Å². The fourth-order valence-electron chi connectivity index (χ4n) is 4.21. The van der Waals surface area contributed by atoms with Gasteiger partial charge in [-0.3, -0.25) is 9.78 Å². The number of hydrogen-bond donors (Lipinski definition) is 1. The van der Waals surface area contributed by atoms with Crippen molar-refractivity contribution in [1.29, 1.82) is 0 Å². The lowest BCUT2D eigenvalue weighted by atomic mass is 10.1. The van der Waals surface area contributed by atoms with Crippen molar-refractivity contribution in [2.24, 2.45) is 0 Å². The van der Waals surface area contributed by atoms with Crippen molar-refractivity contribution in [2.75, 3.05) is 13.1 Å². The highest BCUT2D eigenvalue weighted by atomic mass is 16.5. The van der Waals surface area contributed by atoms with Gasteiger partial charge in [0.05, 0.1) is 12.1 Å². The highest BCUT2D eigenvalue weighted by Crippen LogP contribution is 2.33. The van der Waals surface area contributed by atoms with Crippen LogP contribution in [0.4, 0.5) is 0 Å². The van der Waals surface area contributed by atoms with Gasteiger partial charge in [-0.05, 0) is 43.7 Å². The molecular formula is C23H23N3O2. The summed E-state index contributed by atoms with van der Waals surface area (Å²) in [6.07, 6.45) is 4.03. The Labute approximate surface area is 164 Å². The molecule has 0 saturated carbocycles. The summed E-state index contributed by atoms with van der Waals surface area (Å²) in [6.45, 7) is 2.98. The average molecular weight is 373 g/mol. The van der Waals surface area contributed by atoms with Crippen molar-refractivity contribution in [3.8, 4) is 5.75 Å². The van der Waals surface area contributed by atoms with E-state index in [2.05, 4.69) is 22.4 Å². The largest absolute Gasteiger partial charge is 0.488 e. The molecule has 0 radical (unpaired) electrons. The van der Waals surface area contributed by atoms with Gasteiger partial charge in [-0.1, -0.05) is 24.3 Å². The van der Waals surface area contributed by atoms with Crippen LogP contribution in [-0.2, 0) is 13.2 Å². The van der Waals surface area contributed by atoms with E-state index in [0.717, 1.165) is 59.3 Å². The van der Waals surface area contributed by atoms with E-state index in [1.807, 2.05) is 47.5 Å². The minimum absolute atomic E-state index is 0.126. The molecule has 1 saturated heterocycles. The topological polar surface area (TPSA) is 54.5 Å². The molecule has 5 heteroatoms. The molecule has 1 atom stereocenters. The summed E-state index contributed by atoms with van der Waals surface area (Å²) in [4.78, 5) is 19.4. The number of amides is 1. The summed E-state index contributed by atoms with van der Waals surface area (Å²) >= 11 is 0. The van der Waals surface area contributed by atoms with Crippen LogP contribution in [0.25, 0.3) is 10.9 Å². The summed E-state index contributed by atoms with van der Waals surface area (Å²) < 4.78 is 6.13. The average Bonchev–Trinajstić information content (AvgIpc) is 3.10. The molecule has 0 bridgehead atoms. The molecule has 1 aromatic heterocycles. The summed E-state index contributed by atoms with van der Waals surface area (Å²) in [5.41, 5.74) is 3.79. The van der Waals surface area contributed by atoms with Crippen LogP contribution >= 0.6 is 0 Å². The molecule has 142 valence electrons. The van der Waals surface area contributed by atoms with E-state index >= 15 is 0 Å². The zero-order chi connectivity index (χ0) is 18.9.